The summed E-state index contributed by atoms with van der Waals surface area (Å²) < 4.78 is 5.31. The van der Waals surface area contributed by atoms with Crippen LogP contribution in [-0.4, -0.2) is 24.5 Å². The van der Waals surface area contributed by atoms with Crippen LogP contribution < -0.4 is 10.1 Å². The topological polar surface area (TPSA) is 54.1 Å². The number of hydrogen-bond acceptors (Lipinski definition) is 2. The Bertz CT molecular complexity index is 1080. The molecule has 0 atom stereocenters. The summed E-state index contributed by atoms with van der Waals surface area (Å²) in [4.78, 5) is 15.7. The molecule has 0 spiro atoms. The van der Waals surface area contributed by atoms with E-state index in [-0.39, 0.29) is 5.91 Å². The Morgan fingerprint density at radius 1 is 0.964 bits per heavy atom. The first-order chi connectivity index (χ1) is 13.7. The van der Waals surface area contributed by atoms with Gasteiger partial charge in [0.1, 0.15) is 5.75 Å². The van der Waals surface area contributed by atoms with E-state index in [1.54, 1.807) is 7.11 Å². The minimum absolute atomic E-state index is 0.0583. The fourth-order valence-electron chi connectivity index (χ4n) is 3.35. The Morgan fingerprint density at radius 2 is 1.71 bits per heavy atom. The number of hydrogen-bond donors (Lipinski definition) is 2. The number of carbonyl (C=O) groups is 1. The summed E-state index contributed by atoms with van der Waals surface area (Å²) in [5.41, 5.74) is 5.14. The second-order valence-electron chi connectivity index (χ2n) is 6.67. The lowest BCUT2D eigenvalue weighted by Gasteiger charge is -2.07. The molecule has 0 fully saturated rings. The van der Waals surface area contributed by atoms with Gasteiger partial charge in [-0.05, 0) is 53.4 Å². The van der Waals surface area contributed by atoms with E-state index in [4.69, 9.17) is 4.74 Å². The molecule has 4 rings (SSSR count). The minimum Gasteiger partial charge on any atom is -0.497 e. The Kier molecular flexibility index (Phi) is 5.11. The van der Waals surface area contributed by atoms with E-state index in [0.29, 0.717) is 12.1 Å². The highest BCUT2D eigenvalue weighted by Crippen LogP contribution is 2.24. The van der Waals surface area contributed by atoms with E-state index in [2.05, 4.69) is 22.4 Å². The first-order valence-electron chi connectivity index (χ1n) is 9.32. The molecule has 4 aromatic rings. The molecule has 0 bridgehead atoms. The number of carbonyl (C=O) groups excluding carboxylic acids is 1. The molecule has 2 N–H and O–H groups in total. The van der Waals surface area contributed by atoms with Crippen LogP contribution in [0.4, 0.5) is 0 Å². The Labute approximate surface area is 164 Å². The number of rotatable bonds is 6. The summed E-state index contributed by atoms with van der Waals surface area (Å²) in [6.45, 7) is 0.573. The molecule has 140 valence electrons. The Hall–Kier alpha value is -3.53. The normalized spacial score (nSPS) is 10.8. The molecule has 0 saturated heterocycles. The lowest BCUT2D eigenvalue weighted by atomic mass is 10.0. The quantitative estimate of drug-likeness (QED) is 0.511. The molecule has 0 radical (unpaired) electrons. The highest BCUT2D eigenvalue weighted by Gasteiger charge is 2.08. The number of aromatic amines is 1. The summed E-state index contributed by atoms with van der Waals surface area (Å²) in [5.74, 6) is 0.771. The second kappa shape index (κ2) is 8.01. The van der Waals surface area contributed by atoms with Crippen molar-refractivity contribution in [3.8, 4) is 16.9 Å². The van der Waals surface area contributed by atoms with Gasteiger partial charge in [-0.3, -0.25) is 4.79 Å². The number of H-pyrrole nitrogens is 1. The van der Waals surface area contributed by atoms with E-state index in [0.717, 1.165) is 39.8 Å². The molecule has 28 heavy (non-hydrogen) atoms. The van der Waals surface area contributed by atoms with Crippen molar-refractivity contribution in [2.75, 3.05) is 13.7 Å². The van der Waals surface area contributed by atoms with Gasteiger partial charge >= 0.3 is 0 Å². The molecule has 0 aliphatic rings. The average molecular weight is 370 g/mol. The summed E-state index contributed by atoms with van der Waals surface area (Å²) >= 11 is 0. The molecule has 4 nitrogen and oxygen atoms in total. The zero-order chi connectivity index (χ0) is 19.3. The van der Waals surface area contributed by atoms with Gasteiger partial charge < -0.3 is 15.0 Å². The van der Waals surface area contributed by atoms with Crippen molar-refractivity contribution in [1.29, 1.82) is 0 Å². The third-order valence-corrected chi connectivity index (χ3v) is 4.91. The number of nitrogens with one attached hydrogen (secondary N) is 2. The van der Waals surface area contributed by atoms with Crippen LogP contribution >= 0.6 is 0 Å². The van der Waals surface area contributed by atoms with Crippen LogP contribution in [-0.2, 0) is 6.42 Å². The smallest absolute Gasteiger partial charge is 0.251 e. The van der Waals surface area contributed by atoms with Crippen LogP contribution in [0.2, 0.25) is 0 Å². The molecule has 0 saturated carbocycles. The molecule has 1 heterocycles. The van der Waals surface area contributed by atoms with Gasteiger partial charge in [0.15, 0.2) is 0 Å². The molecule has 3 aromatic carbocycles. The van der Waals surface area contributed by atoms with Crippen molar-refractivity contribution < 1.29 is 9.53 Å². The van der Waals surface area contributed by atoms with E-state index < -0.39 is 0 Å². The van der Waals surface area contributed by atoms with E-state index in [1.165, 1.54) is 0 Å². The molecule has 0 aliphatic carbocycles. The van der Waals surface area contributed by atoms with E-state index >= 15 is 0 Å². The summed E-state index contributed by atoms with van der Waals surface area (Å²) in [5, 5.41) is 4.13. The van der Waals surface area contributed by atoms with Gasteiger partial charge in [0.25, 0.3) is 5.91 Å². The summed E-state index contributed by atoms with van der Waals surface area (Å²) in [6, 6.07) is 23.8. The van der Waals surface area contributed by atoms with Crippen molar-refractivity contribution in [3.63, 3.8) is 0 Å². The Balaban J connectivity index is 1.38. The summed E-state index contributed by atoms with van der Waals surface area (Å²) in [7, 11) is 1.66. The number of methoxy groups -OCH3 is 1. The van der Waals surface area contributed by atoms with Gasteiger partial charge in [0.05, 0.1) is 7.11 Å². The average Bonchev–Trinajstić information content (AvgIpc) is 3.16. The fraction of sp³-hybridized carbons (Fsp3) is 0.125. The number of benzene rings is 3. The van der Waals surface area contributed by atoms with Crippen LogP contribution in [0.3, 0.4) is 0 Å². The number of fused-ring (bicyclic) bond motifs is 1. The Morgan fingerprint density at radius 3 is 2.46 bits per heavy atom. The molecule has 0 aliphatic heterocycles. The maximum atomic E-state index is 12.4. The predicted molar refractivity (Wildman–Crippen MR) is 113 cm³/mol. The molecule has 4 heteroatoms. The van der Waals surface area contributed by atoms with Crippen molar-refractivity contribution >= 4 is 16.8 Å². The zero-order valence-electron chi connectivity index (χ0n) is 15.7. The van der Waals surface area contributed by atoms with Crippen LogP contribution in [0.15, 0.2) is 79.0 Å². The second-order valence-corrected chi connectivity index (χ2v) is 6.67. The van der Waals surface area contributed by atoms with Crippen molar-refractivity contribution in [2.45, 2.75) is 6.42 Å². The third-order valence-electron chi connectivity index (χ3n) is 4.91. The van der Waals surface area contributed by atoms with Crippen molar-refractivity contribution in [3.05, 3.63) is 90.1 Å². The number of aromatic nitrogens is 1. The predicted octanol–water partition coefficient (Wildman–Crippen LogP) is 4.82. The number of ether oxygens (including phenoxy) is 1. The molecular formula is C24H22N2O2. The van der Waals surface area contributed by atoms with E-state index in [1.807, 2.05) is 66.9 Å². The molecule has 0 unspecified atom stereocenters. The van der Waals surface area contributed by atoms with Gasteiger partial charge in [-0.15, -0.1) is 0 Å². The van der Waals surface area contributed by atoms with Crippen molar-refractivity contribution in [1.82, 2.24) is 10.3 Å². The monoisotopic (exact) mass is 370 g/mol. The van der Waals surface area contributed by atoms with Crippen LogP contribution in [0.5, 0.6) is 5.75 Å². The maximum absolute atomic E-state index is 12.4. The van der Waals surface area contributed by atoms with Gasteiger partial charge in [0.2, 0.25) is 0 Å². The molecule has 1 amide bonds. The highest BCUT2D eigenvalue weighted by atomic mass is 16.5. The standard InChI is InChI=1S/C24H22N2O2/c1-28-21-11-12-23-22(15-21)20(16-26-23)13-14-25-24(27)19-9-7-18(8-10-19)17-5-3-2-4-6-17/h2-12,15-16,26H,13-14H2,1H3,(H,25,27). The minimum atomic E-state index is -0.0583. The SMILES string of the molecule is COc1ccc2[nH]cc(CCNC(=O)c3ccc(-c4ccccc4)cc3)c2c1. The lowest BCUT2D eigenvalue weighted by Crippen LogP contribution is -2.25. The van der Waals surface area contributed by atoms with E-state index in [9.17, 15) is 4.79 Å². The van der Waals surface area contributed by atoms with Crippen molar-refractivity contribution in [2.24, 2.45) is 0 Å². The largest absolute Gasteiger partial charge is 0.497 e. The molecule has 1 aromatic heterocycles. The molecular weight excluding hydrogens is 348 g/mol. The van der Waals surface area contributed by atoms with Gasteiger partial charge in [-0.1, -0.05) is 42.5 Å². The fourth-order valence-corrected chi connectivity index (χ4v) is 3.35. The third kappa shape index (κ3) is 3.76. The first kappa shape index (κ1) is 17.9. The first-order valence-corrected chi connectivity index (χ1v) is 9.32. The summed E-state index contributed by atoms with van der Waals surface area (Å²) in [6.07, 6.45) is 2.74. The van der Waals surface area contributed by atoms with Crippen LogP contribution in [0.1, 0.15) is 15.9 Å². The van der Waals surface area contributed by atoms with Crippen LogP contribution in [0.25, 0.3) is 22.0 Å². The van der Waals surface area contributed by atoms with Gasteiger partial charge in [0, 0.05) is 29.2 Å². The maximum Gasteiger partial charge on any atom is 0.251 e. The van der Waals surface area contributed by atoms with Crippen LogP contribution in [0, 0.1) is 0 Å². The zero-order valence-corrected chi connectivity index (χ0v) is 15.7. The number of amides is 1. The lowest BCUT2D eigenvalue weighted by molar-refractivity contribution is 0.0954. The highest BCUT2D eigenvalue weighted by molar-refractivity contribution is 5.94. The van der Waals surface area contributed by atoms with Gasteiger partial charge in [-0.2, -0.15) is 0 Å². The van der Waals surface area contributed by atoms with Gasteiger partial charge in [-0.25, -0.2) is 0 Å².